The Labute approximate surface area is 684 Å². The first-order valence-electron chi connectivity index (χ1n) is 40.2. The second-order valence-electron chi connectivity index (χ2n) is 30.5. The van der Waals surface area contributed by atoms with Crippen LogP contribution in [-0.4, -0.2) is 43.1 Å². The number of nitrogens with zero attached hydrogens (tertiary/aromatic N) is 9. The van der Waals surface area contributed by atoms with E-state index in [2.05, 4.69) is 298 Å². The number of pyridine rings is 6. The third-order valence-corrected chi connectivity index (χ3v) is 23.5. The van der Waals surface area contributed by atoms with Gasteiger partial charge in [0.15, 0.2) is 16.9 Å². The number of aromatic nitrogens is 9. The van der Waals surface area contributed by atoms with Gasteiger partial charge in [0.1, 0.15) is 67.0 Å². The van der Waals surface area contributed by atoms with Gasteiger partial charge in [0.2, 0.25) is 0 Å². The van der Waals surface area contributed by atoms with Crippen molar-refractivity contribution in [3.05, 3.63) is 395 Å². The highest BCUT2D eigenvalue weighted by Crippen LogP contribution is 2.42. The zero-order chi connectivity index (χ0) is 78.9. The molecule has 120 heavy (non-hydrogen) atoms. The van der Waals surface area contributed by atoms with E-state index in [-0.39, 0.29) is 0 Å². The smallest absolute Gasteiger partial charge is 0.165 e. The molecule has 26 rings (SSSR count). The minimum absolute atomic E-state index is 0.871. The van der Waals surface area contributed by atoms with Crippen LogP contribution in [0.15, 0.2) is 408 Å². The number of rotatable bonds is 8. The minimum Gasteiger partial charge on any atom is -0.456 e. The third kappa shape index (κ3) is 11.4. The summed E-state index contributed by atoms with van der Waals surface area (Å²) in [5.74, 6) is 0. The Morgan fingerprint density at radius 3 is 0.750 bits per heavy atom. The molecule has 0 atom stereocenters. The molecule has 12 heterocycles. The van der Waals surface area contributed by atoms with Crippen molar-refractivity contribution in [1.29, 1.82) is 0 Å². The normalized spacial score (nSPS) is 11.8. The maximum atomic E-state index is 6.04. The fraction of sp³-hybridized carbons (Fsp3) is 0. The van der Waals surface area contributed by atoms with Crippen LogP contribution in [0, 0.1) is 0 Å². The minimum atomic E-state index is 0.871. The lowest BCUT2D eigenvalue weighted by molar-refractivity contribution is 0.668. The van der Waals surface area contributed by atoms with Gasteiger partial charge in [-0.25, -0.2) is 29.9 Å². The molecule has 12 nitrogen and oxygen atoms in total. The van der Waals surface area contributed by atoms with Gasteiger partial charge in [0.25, 0.3) is 0 Å². The van der Waals surface area contributed by atoms with E-state index in [9.17, 15) is 0 Å². The van der Waals surface area contributed by atoms with Crippen molar-refractivity contribution < 1.29 is 13.3 Å². The van der Waals surface area contributed by atoms with E-state index in [0.717, 1.165) is 210 Å². The first-order valence-corrected chi connectivity index (χ1v) is 40.2. The number of hydrogen-bond acceptors (Lipinski definition) is 9. The highest BCUT2D eigenvalue weighted by Gasteiger charge is 2.21. The van der Waals surface area contributed by atoms with E-state index in [1.165, 1.54) is 27.8 Å². The number of hydrogen-bond donors (Lipinski definition) is 0. The molecule has 0 aliphatic carbocycles. The molecule has 0 bridgehead atoms. The van der Waals surface area contributed by atoms with Crippen LogP contribution in [0.5, 0.6) is 0 Å². The molecular weight excluding hydrogens is 1470 g/mol. The SMILES string of the molecule is c1cc(-c2ccc(-c3ccc4oc5ccccc5c4c3)cc2)cc(-c2nc3c(nc4ccccn43)c3ccccc23)c1.c1cc(-c2ccc(-c3nc4c(nc5ccccn54)c4ccccc34)cc2)cc(-c2ccc3oc4ccccc4c3c2)c1.c1cc(-c2ccc3oc4ccccc4c3c2)cc(-c2nc3c(nc4ccccn43)c3ccccc23)c1. The largest absolute Gasteiger partial charge is 0.456 e. The summed E-state index contributed by atoms with van der Waals surface area (Å²) >= 11 is 0. The Morgan fingerprint density at radius 2 is 0.400 bits per heavy atom. The lowest BCUT2D eigenvalue weighted by Gasteiger charge is -2.10. The van der Waals surface area contributed by atoms with Crippen LogP contribution in [0.3, 0.4) is 0 Å². The molecule has 12 aromatic heterocycles. The molecule has 0 amide bonds. The van der Waals surface area contributed by atoms with Gasteiger partial charge >= 0.3 is 0 Å². The van der Waals surface area contributed by atoms with Gasteiger partial charge in [0, 0.05) is 99.9 Å². The molecule has 26 aromatic rings. The quantitative estimate of drug-likeness (QED) is 0.146. The average Bonchev–Trinajstić information content (AvgIpc) is 1.60. The lowest BCUT2D eigenvalue weighted by atomic mass is 9.96. The van der Waals surface area contributed by atoms with Crippen LogP contribution in [0.2, 0.25) is 0 Å². The van der Waals surface area contributed by atoms with Crippen molar-refractivity contribution in [3.8, 4) is 89.4 Å². The Balaban J connectivity index is 0.000000103. The summed E-state index contributed by atoms with van der Waals surface area (Å²) in [5, 5.41) is 13.5. The number of imidazole rings is 3. The maximum absolute atomic E-state index is 6.04. The van der Waals surface area contributed by atoms with E-state index in [1.54, 1.807) is 0 Å². The van der Waals surface area contributed by atoms with Crippen LogP contribution in [0.25, 0.3) is 238 Å². The molecule has 0 aliphatic heterocycles. The third-order valence-electron chi connectivity index (χ3n) is 23.5. The molecule has 0 radical (unpaired) electrons. The van der Waals surface area contributed by atoms with Crippen LogP contribution in [0.4, 0.5) is 0 Å². The van der Waals surface area contributed by atoms with Crippen LogP contribution >= 0.6 is 0 Å². The average molecular weight is 1540 g/mol. The van der Waals surface area contributed by atoms with Crippen molar-refractivity contribution >= 4 is 149 Å². The van der Waals surface area contributed by atoms with Crippen molar-refractivity contribution in [2.75, 3.05) is 0 Å². The van der Waals surface area contributed by atoms with Gasteiger partial charge in [-0.2, -0.15) is 0 Å². The molecule has 14 aromatic carbocycles. The highest BCUT2D eigenvalue weighted by molar-refractivity contribution is 6.14. The summed E-state index contributed by atoms with van der Waals surface area (Å²) in [6.07, 6.45) is 6.08. The number of furan rings is 3. The van der Waals surface area contributed by atoms with Gasteiger partial charge in [-0.1, -0.05) is 267 Å². The zero-order valence-electron chi connectivity index (χ0n) is 64.3. The predicted octanol–water partition coefficient (Wildman–Crippen LogP) is 28.1. The Bertz CT molecular complexity index is 8640. The van der Waals surface area contributed by atoms with Crippen molar-refractivity contribution in [1.82, 2.24) is 43.1 Å². The van der Waals surface area contributed by atoms with Gasteiger partial charge in [-0.3, -0.25) is 13.2 Å². The topological polar surface area (TPSA) is 130 Å². The van der Waals surface area contributed by atoms with Crippen LogP contribution < -0.4 is 0 Å². The molecule has 0 aliphatic rings. The number of fused-ring (bicyclic) bond motifs is 24. The Hall–Kier alpha value is -16.4. The van der Waals surface area contributed by atoms with Crippen LogP contribution in [0.1, 0.15) is 0 Å². The summed E-state index contributed by atoms with van der Waals surface area (Å²) in [7, 11) is 0. The van der Waals surface area contributed by atoms with Crippen molar-refractivity contribution in [3.63, 3.8) is 0 Å². The molecule has 560 valence electrons. The predicted molar refractivity (Wildman–Crippen MR) is 489 cm³/mol. The summed E-state index contributed by atoms with van der Waals surface area (Å²) in [4.78, 5) is 30.2. The summed E-state index contributed by atoms with van der Waals surface area (Å²) in [5.41, 5.74) is 31.3. The first-order chi connectivity index (χ1) is 59.4. The second kappa shape index (κ2) is 27.7. The van der Waals surface area contributed by atoms with E-state index in [1.807, 2.05) is 110 Å². The monoisotopic (exact) mass is 1540 g/mol. The Morgan fingerprint density at radius 1 is 0.158 bits per heavy atom. The molecular formula is C108H65N9O3. The standard InChI is InChI=1S/2C38H23N3O.C32H19N3O/c1-2-12-31-30(11-1)36(40-38-37(31)39-35-14-5-6-21-41(35)38)28-9-7-8-26(22-28)24-15-17-25(18-16-24)27-19-20-34-32(23-27)29-10-3-4-13-33(29)42-34;1-2-12-31-30(11-1)36(40-38-37(31)39-35-14-5-6-21-41(35)38)25-17-15-24(16-18-25)26-8-7-9-27(22-26)28-19-20-34-32(23-28)29-10-3-4-13-33(29)42-34;1-2-12-25-24(11-1)30(34-32-31(25)33-29-14-5-6-17-35(29)32)22-9-7-8-20(18-22)21-15-16-28-26(19-21)23-10-3-4-13-27(23)36-28/h2*1-23H;1-19H. The molecule has 0 saturated heterocycles. The van der Waals surface area contributed by atoms with Gasteiger partial charge in [0.05, 0.1) is 17.1 Å². The van der Waals surface area contributed by atoms with Gasteiger partial charge in [-0.15, -0.1) is 0 Å². The fourth-order valence-corrected chi connectivity index (χ4v) is 17.6. The molecule has 0 fully saturated rings. The summed E-state index contributed by atoms with van der Waals surface area (Å²) < 4.78 is 24.3. The van der Waals surface area contributed by atoms with E-state index >= 15 is 0 Å². The van der Waals surface area contributed by atoms with E-state index in [4.69, 9.17) is 43.2 Å². The molecule has 12 heteroatoms. The second-order valence-corrected chi connectivity index (χ2v) is 30.5. The maximum Gasteiger partial charge on any atom is 0.165 e. The number of para-hydroxylation sites is 3. The highest BCUT2D eigenvalue weighted by atomic mass is 16.3. The van der Waals surface area contributed by atoms with Crippen molar-refractivity contribution in [2.45, 2.75) is 0 Å². The fourth-order valence-electron chi connectivity index (χ4n) is 17.6. The summed E-state index contributed by atoms with van der Waals surface area (Å²) in [6.45, 7) is 0. The van der Waals surface area contributed by atoms with E-state index in [0.29, 0.717) is 0 Å². The van der Waals surface area contributed by atoms with Gasteiger partial charge < -0.3 is 13.3 Å². The molecule has 0 saturated carbocycles. The van der Waals surface area contributed by atoms with Crippen LogP contribution in [-0.2, 0) is 0 Å². The zero-order valence-corrected chi connectivity index (χ0v) is 64.3. The molecule has 0 spiro atoms. The van der Waals surface area contributed by atoms with Gasteiger partial charge in [-0.05, 0) is 165 Å². The Kier molecular flexibility index (Phi) is 15.7. The lowest BCUT2D eigenvalue weighted by Crippen LogP contribution is -1.92. The summed E-state index contributed by atoms with van der Waals surface area (Å²) in [6, 6.07) is 131. The number of benzene rings is 14. The first kappa shape index (κ1) is 68.0. The molecule has 0 N–H and O–H groups in total. The van der Waals surface area contributed by atoms with E-state index < -0.39 is 0 Å². The van der Waals surface area contributed by atoms with Crippen molar-refractivity contribution in [2.24, 2.45) is 0 Å². The molecule has 0 unspecified atom stereocenters.